The van der Waals surface area contributed by atoms with Gasteiger partial charge in [-0.25, -0.2) is 4.39 Å². The molecule has 0 saturated heterocycles. The molecule has 2 aromatic carbocycles. The third-order valence-corrected chi connectivity index (χ3v) is 3.42. The second-order valence-corrected chi connectivity index (χ2v) is 5.10. The molecule has 0 saturated carbocycles. The number of hydrogen-bond acceptors (Lipinski definition) is 3. The lowest BCUT2D eigenvalue weighted by Crippen LogP contribution is -2.29. The Morgan fingerprint density at radius 2 is 2.00 bits per heavy atom. The third kappa shape index (κ3) is 4.44. The minimum atomic E-state index is -0.352. The molecule has 4 nitrogen and oxygen atoms in total. The van der Waals surface area contributed by atoms with Gasteiger partial charge in [-0.1, -0.05) is 35.9 Å². The van der Waals surface area contributed by atoms with Crippen LogP contribution in [0.15, 0.2) is 42.5 Å². The van der Waals surface area contributed by atoms with Crippen LogP contribution in [0, 0.1) is 5.82 Å². The van der Waals surface area contributed by atoms with E-state index in [0.29, 0.717) is 21.8 Å². The predicted octanol–water partition coefficient (Wildman–Crippen LogP) is 2.70. The number of aliphatic hydroxyl groups is 1. The summed E-state index contributed by atoms with van der Waals surface area (Å²) in [6.07, 6.45) is 0. The lowest BCUT2D eigenvalue weighted by Gasteiger charge is -2.10. The highest BCUT2D eigenvalue weighted by Crippen LogP contribution is 2.22. The quantitative estimate of drug-likeness (QED) is 0.766. The van der Waals surface area contributed by atoms with Crippen molar-refractivity contribution in [2.75, 3.05) is 11.9 Å². The molecular weight excluding hydrogens is 307 g/mol. The average Bonchev–Trinajstić information content (AvgIpc) is 2.53. The van der Waals surface area contributed by atoms with Crippen molar-refractivity contribution in [3.63, 3.8) is 0 Å². The molecule has 1 amide bonds. The number of hydrogen-bond donors (Lipinski definition) is 3. The smallest absolute Gasteiger partial charge is 0.239 e. The molecule has 22 heavy (non-hydrogen) atoms. The van der Waals surface area contributed by atoms with Gasteiger partial charge in [-0.3, -0.25) is 4.79 Å². The maximum Gasteiger partial charge on any atom is 0.239 e. The molecule has 3 N–H and O–H groups in total. The minimum absolute atomic E-state index is 0.00303. The van der Waals surface area contributed by atoms with Crippen LogP contribution in [0.1, 0.15) is 11.1 Å². The summed E-state index contributed by atoms with van der Waals surface area (Å²) in [6, 6.07) is 11.3. The molecule has 2 aromatic rings. The number of rotatable bonds is 6. The van der Waals surface area contributed by atoms with Gasteiger partial charge in [0.2, 0.25) is 5.91 Å². The fourth-order valence-electron chi connectivity index (χ4n) is 1.88. The summed E-state index contributed by atoms with van der Waals surface area (Å²) in [7, 11) is 0. The van der Waals surface area contributed by atoms with Crippen molar-refractivity contribution in [3.8, 4) is 0 Å². The molecule has 0 spiro atoms. The Bertz CT molecular complexity index is 664. The molecule has 116 valence electrons. The van der Waals surface area contributed by atoms with Crippen molar-refractivity contribution in [1.82, 2.24) is 5.32 Å². The molecule has 0 aliphatic carbocycles. The molecule has 0 atom stereocenters. The maximum absolute atomic E-state index is 13.4. The van der Waals surface area contributed by atoms with Crippen molar-refractivity contribution >= 4 is 23.2 Å². The van der Waals surface area contributed by atoms with E-state index in [4.69, 9.17) is 16.7 Å². The fourth-order valence-corrected chi connectivity index (χ4v) is 2.06. The van der Waals surface area contributed by atoms with Crippen LogP contribution >= 0.6 is 11.6 Å². The van der Waals surface area contributed by atoms with Gasteiger partial charge in [-0.05, 0) is 23.8 Å². The zero-order chi connectivity index (χ0) is 15.9. The topological polar surface area (TPSA) is 61.4 Å². The van der Waals surface area contributed by atoms with Gasteiger partial charge < -0.3 is 15.7 Å². The van der Waals surface area contributed by atoms with E-state index in [1.54, 1.807) is 36.4 Å². The summed E-state index contributed by atoms with van der Waals surface area (Å²) in [5.41, 5.74) is 1.68. The molecule has 0 unspecified atom stereocenters. The number of benzene rings is 2. The van der Waals surface area contributed by atoms with E-state index < -0.39 is 0 Å². The Labute approximate surface area is 132 Å². The van der Waals surface area contributed by atoms with Crippen molar-refractivity contribution < 1.29 is 14.3 Å². The zero-order valence-electron chi connectivity index (χ0n) is 11.8. The summed E-state index contributed by atoms with van der Waals surface area (Å²) in [5.74, 6) is -0.636. The van der Waals surface area contributed by atoms with Crippen LogP contribution in [0.2, 0.25) is 5.02 Å². The number of carbonyl (C=O) groups is 1. The summed E-state index contributed by atoms with van der Waals surface area (Å²) in [6.45, 7) is 0.0198. The van der Waals surface area contributed by atoms with E-state index in [-0.39, 0.29) is 31.4 Å². The molecule has 0 bridgehead atoms. The van der Waals surface area contributed by atoms with Crippen molar-refractivity contribution in [3.05, 3.63) is 64.4 Å². The molecule has 2 rings (SSSR count). The molecule has 0 radical (unpaired) electrons. The first-order valence-electron chi connectivity index (χ1n) is 6.73. The normalized spacial score (nSPS) is 10.3. The largest absolute Gasteiger partial charge is 0.392 e. The van der Waals surface area contributed by atoms with Crippen LogP contribution in [0.3, 0.4) is 0 Å². The van der Waals surface area contributed by atoms with Crippen LogP contribution in [0.5, 0.6) is 0 Å². The van der Waals surface area contributed by atoms with E-state index in [2.05, 4.69) is 10.6 Å². The SMILES string of the molecule is O=C(CNc1cc(CO)ccc1Cl)NCc1ccccc1F. The monoisotopic (exact) mass is 322 g/mol. The Kier molecular flexibility index (Phi) is 5.75. The van der Waals surface area contributed by atoms with Crippen molar-refractivity contribution in [2.45, 2.75) is 13.2 Å². The van der Waals surface area contributed by atoms with Gasteiger partial charge in [0.15, 0.2) is 0 Å². The lowest BCUT2D eigenvalue weighted by atomic mass is 10.2. The number of nitrogens with one attached hydrogen (secondary N) is 2. The van der Waals surface area contributed by atoms with Crippen molar-refractivity contribution in [2.24, 2.45) is 0 Å². The highest BCUT2D eigenvalue weighted by molar-refractivity contribution is 6.33. The third-order valence-electron chi connectivity index (χ3n) is 3.09. The number of halogens is 2. The summed E-state index contributed by atoms with van der Waals surface area (Å²) in [5, 5.41) is 15.1. The van der Waals surface area contributed by atoms with Crippen LogP contribution in [0.4, 0.5) is 10.1 Å². The zero-order valence-corrected chi connectivity index (χ0v) is 12.5. The summed E-state index contributed by atoms with van der Waals surface area (Å²) in [4.78, 5) is 11.8. The molecule has 0 fully saturated rings. The molecule has 0 aliphatic rings. The Hall–Kier alpha value is -2.11. The second kappa shape index (κ2) is 7.77. The number of anilines is 1. The molecule has 6 heteroatoms. The Morgan fingerprint density at radius 1 is 1.23 bits per heavy atom. The Morgan fingerprint density at radius 3 is 2.73 bits per heavy atom. The number of aliphatic hydroxyl groups excluding tert-OH is 1. The first-order chi connectivity index (χ1) is 10.6. The van der Waals surface area contributed by atoms with E-state index in [9.17, 15) is 9.18 Å². The van der Waals surface area contributed by atoms with E-state index in [1.165, 1.54) is 6.07 Å². The minimum Gasteiger partial charge on any atom is -0.392 e. The molecular formula is C16H16ClFN2O2. The average molecular weight is 323 g/mol. The van der Waals surface area contributed by atoms with Crippen molar-refractivity contribution in [1.29, 1.82) is 0 Å². The highest BCUT2D eigenvalue weighted by atomic mass is 35.5. The van der Waals surface area contributed by atoms with Crippen LogP contribution in [0.25, 0.3) is 0 Å². The first kappa shape index (κ1) is 16.3. The van der Waals surface area contributed by atoms with Crippen LogP contribution in [-0.4, -0.2) is 17.6 Å². The van der Waals surface area contributed by atoms with Gasteiger partial charge in [0, 0.05) is 12.1 Å². The molecule has 0 aromatic heterocycles. The van der Waals surface area contributed by atoms with Gasteiger partial charge in [-0.2, -0.15) is 0 Å². The summed E-state index contributed by atoms with van der Waals surface area (Å²) < 4.78 is 13.4. The molecule has 0 aliphatic heterocycles. The van der Waals surface area contributed by atoms with Gasteiger partial charge in [-0.15, -0.1) is 0 Å². The van der Waals surface area contributed by atoms with Gasteiger partial charge in [0.05, 0.1) is 23.9 Å². The Balaban J connectivity index is 1.87. The van der Waals surface area contributed by atoms with Gasteiger partial charge in [0.25, 0.3) is 0 Å². The van der Waals surface area contributed by atoms with Gasteiger partial charge >= 0.3 is 0 Å². The number of amides is 1. The predicted molar refractivity (Wildman–Crippen MR) is 84.1 cm³/mol. The maximum atomic E-state index is 13.4. The highest BCUT2D eigenvalue weighted by Gasteiger charge is 2.06. The fraction of sp³-hybridized carbons (Fsp3) is 0.188. The van der Waals surface area contributed by atoms with Crippen LogP contribution < -0.4 is 10.6 Å². The summed E-state index contributed by atoms with van der Waals surface area (Å²) >= 11 is 6.00. The number of carbonyl (C=O) groups excluding carboxylic acids is 1. The van der Waals surface area contributed by atoms with E-state index >= 15 is 0 Å². The van der Waals surface area contributed by atoms with E-state index in [0.717, 1.165) is 0 Å². The first-order valence-corrected chi connectivity index (χ1v) is 7.11. The molecule has 0 heterocycles. The standard InChI is InChI=1S/C16H16ClFN2O2/c17-13-6-5-11(10-21)7-15(13)19-9-16(22)20-8-12-3-1-2-4-14(12)18/h1-7,19,21H,8-10H2,(H,20,22). The van der Waals surface area contributed by atoms with Gasteiger partial charge in [0.1, 0.15) is 5.82 Å². The van der Waals surface area contributed by atoms with E-state index in [1.807, 2.05) is 0 Å². The van der Waals surface area contributed by atoms with Crippen LogP contribution in [-0.2, 0) is 17.9 Å². The second-order valence-electron chi connectivity index (χ2n) is 4.69. The lowest BCUT2D eigenvalue weighted by molar-refractivity contribution is -0.119.